The number of halogens is 1. The first-order valence-corrected chi connectivity index (χ1v) is 7.56. The molecular formula is C13H18ClNO3S. The largest absolute Gasteiger partial charge is 0.480 e. The van der Waals surface area contributed by atoms with Crippen molar-refractivity contribution in [2.75, 3.05) is 12.9 Å². The van der Waals surface area contributed by atoms with E-state index in [0.29, 0.717) is 17.2 Å². The SMILES string of the molecule is CNC(CCCCCCl)(C(=O)O)C(=O)c1cccs1. The molecule has 4 nitrogen and oxygen atoms in total. The zero-order chi connectivity index (χ0) is 14.3. The number of carbonyl (C=O) groups is 2. The number of Topliss-reactive ketones (excluding diaryl/α,β-unsaturated/α-hetero) is 1. The fourth-order valence-corrected chi connectivity index (χ4v) is 2.87. The topological polar surface area (TPSA) is 66.4 Å². The lowest BCUT2D eigenvalue weighted by Gasteiger charge is -2.27. The second-order valence-electron chi connectivity index (χ2n) is 4.27. The quantitative estimate of drug-likeness (QED) is 0.319. The normalized spacial score (nSPS) is 14.0. The van der Waals surface area contributed by atoms with Crippen LogP contribution < -0.4 is 5.32 Å². The molecule has 1 aromatic heterocycles. The van der Waals surface area contributed by atoms with Gasteiger partial charge >= 0.3 is 5.97 Å². The van der Waals surface area contributed by atoms with Crippen molar-refractivity contribution in [1.29, 1.82) is 0 Å². The fraction of sp³-hybridized carbons (Fsp3) is 0.538. The van der Waals surface area contributed by atoms with Gasteiger partial charge in [-0.15, -0.1) is 22.9 Å². The minimum absolute atomic E-state index is 0.270. The first kappa shape index (κ1) is 16.1. The third-order valence-electron chi connectivity index (χ3n) is 3.11. The van der Waals surface area contributed by atoms with Crippen molar-refractivity contribution in [2.45, 2.75) is 31.2 Å². The van der Waals surface area contributed by atoms with Crippen LogP contribution >= 0.6 is 22.9 Å². The molecule has 0 aliphatic heterocycles. The van der Waals surface area contributed by atoms with E-state index in [1.54, 1.807) is 17.5 Å². The molecule has 0 aliphatic rings. The molecule has 0 aromatic carbocycles. The van der Waals surface area contributed by atoms with Crippen LogP contribution in [0.5, 0.6) is 0 Å². The highest BCUT2D eigenvalue weighted by atomic mass is 35.5. The number of aliphatic carboxylic acids is 1. The summed E-state index contributed by atoms with van der Waals surface area (Å²) < 4.78 is 0. The Morgan fingerprint density at radius 2 is 2.16 bits per heavy atom. The van der Waals surface area contributed by atoms with Gasteiger partial charge in [-0.25, -0.2) is 4.79 Å². The monoisotopic (exact) mass is 303 g/mol. The molecule has 0 bridgehead atoms. The summed E-state index contributed by atoms with van der Waals surface area (Å²) in [6.45, 7) is 0. The minimum Gasteiger partial charge on any atom is -0.480 e. The van der Waals surface area contributed by atoms with E-state index in [4.69, 9.17) is 11.6 Å². The Labute approximate surface area is 121 Å². The number of hydrogen-bond donors (Lipinski definition) is 2. The molecule has 1 rings (SSSR count). The van der Waals surface area contributed by atoms with E-state index in [1.807, 2.05) is 0 Å². The second-order valence-corrected chi connectivity index (χ2v) is 5.59. The molecule has 1 aromatic rings. The molecule has 6 heteroatoms. The van der Waals surface area contributed by atoms with E-state index in [-0.39, 0.29) is 12.2 Å². The molecule has 0 saturated heterocycles. The first-order chi connectivity index (χ1) is 9.08. The summed E-state index contributed by atoms with van der Waals surface area (Å²) in [6.07, 6.45) is 2.57. The highest BCUT2D eigenvalue weighted by Gasteiger charge is 2.44. The third kappa shape index (κ3) is 3.78. The summed E-state index contributed by atoms with van der Waals surface area (Å²) in [4.78, 5) is 24.4. The molecule has 1 atom stereocenters. The van der Waals surface area contributed by atoms with E-state index in [0.717, 1.165) is 12.8 Å². The summed E-state index contributed by atoms with van der Waals surface area (Å²) in [7, 11) is 1.52. The van der Waals surface area contributed by atoms with Gasteiger partial charge in [0.2, 0.25) is 5.78 Å². The van der Waals surface area contributed by atoms with Gasteiger partial charge in [0, 0.05) is 5.88 Å². The third-order valence-corrected chi connectivity index (χ3v) is 4.25. The Kier molecular flexibility index (Phi) is 6.48. The number of nitrogens with one attached hydrogen (secondary N) is 1. The number of carboxylic acid groups (broad SMARTS) is 1. The number of likely N-dealkylation sites (N-methyl/N-ethyl adjacent to an activating group) is 1. The highest BCUT2D eigenvalue weighted by Crippen LogP contribution is 2.24. The first-order valence-electron chi connectivity index (χ1n) is 6.15. The number of rotatable bonds is 9. The smallest absolute Gasteiger partial charge is 0.332 e. The van der Waals surface area contributed by atoms with Crippen molar-refractivity contribution in [3.05, 3.63) is 22.4 Å². The average molecular weight is 304 g/mol. The van der Waals surface area contributed by atoms with Crippen molar-refractivity contribution in [3.63, 3.8) is 0 Å². The van der Waals surface area contributed by atoms with Crippen molar-refractivity contribution < 1.29 is 14.7 Å². The van der Waals surface area contributed by atoms with Crippen LogP contribution in [0.3, 0.4) is 0 Å². The van der Waals surface area contributed by atoms with Crippen LogP contribution in [0.2, 0.25) is 0 Å². The van der Waals surface area contributed by atoms with Crippen LogP contribution in [0.1, 0.15) is 35.4 Å². The zero-order valence-corrected chi connectivity index (χ0v) is 12.4. The molecular weight excluding hydrogens is 286 g/mol. The number of alkyl halides is 1. The molecule has 0 spiro atoms. The molecule has 0 amide bonds. The van der Waals surface area contributed by atoms with Crippen LogP contribution in [0.15, 0.2) is 17.5 Å². The Balaban J connectivity index is 2.86. The maximum Gasteiger partial charge on any atom is 0.332 e. The summed E-state index contributed by atoms with van der Waals surface area (Å²) >= 11 is 6.85. The zero-order valence-electron chi connectivity index (χ0n) is 10.8. The molecule has 0 aliphatic carbocycles. The molecule has 1 heterocycles. The average Bonchev–Trinajstić information content (AvgIpc) is 2.92. The predicted molar refractivity (Wildman–Crippen MR) is 77.3 cm³/mol. The fourth-order valence-electron chi connectivity index (χ4n) is 1.94. The molecule has 0 radical (unpaired) electrons. The molecule has 0 saturated carbocycles. The summed E-state index contributed by atoms with van der Waals surface area (Å²) in [5, 5.41) is 13.9. The van der Waals surface area contributed by atoms with E-state index in [1.165, 1.54) is 18.4 Å². The van der Waals surface area contributed by atoms with Crippen LogP contribution in [0.4, 0.5) is 0 Å². The maximum absolute atomic E-state index is 12.4. The van der Waals surface area contributed by atoms with Crippen molar-refractivity contribution in [1.82, 2.24) is 5.32 Å². The van der Waals surface area contributed by atoms with Crippen LogP contribution in [-0.4, -0.2) is 35.3 Å². The second kappa shape index (κ2) is 7.62. The van der Waals surface area contributed by atoms with Crippen LogP contribution in [0.25, 0.3) is 0 Å². The molecule has 1 unspecified atom stereocenters. The lowest BCUT2D eigenvalue weighted by Crippen LogP contribution is -2.56. The van der Waals surface area contributed by atoms with Crippen LogP contribution in [0, 0.1) is 0 Å². The van der Waals surface area contributed by atoms with Crippen molar-refractivity contribution >= 4 is 34.7 Å². The Bertz CT molecular complexity index is 422. The van der Waals surface area contributed by atoms with E-state index >= 15 is 0 Å². The number of unbranched alkanes of at least 4 members (excludes halogenated alkanes) is 2. The maximum atomic E-state index is 12.4. The van der Waals surface area contributed by atoms with Crippen molar-refractivity contribution in [2.24, 2.45) is 0 Å². The van der Waals surface area contributed by atoms with Crippen molar-refractivity contribution in [3.8, 4) is 0 Å². The number of carbonyl (C=O) groups excluding carboxylic acids is 1. The van der Waals surface area contributed by atoms with Gasteiger partial charge < -0.3 is 5.11 Å². The van der Waals surface area contributed by atoms with Gasteiger partial charge in [-0.2, -0.15) is 0 Å². The molecule has 2 N–H and O–H groups in total. The Morgan fingerprint density at radius 3 is 2.63 bits per heavy atom. The Morgan fingerprint density at radius 1 is 1.42 bits per heavy atom. The number of ketones is 1. The van der Waals surface area contributed by atoms with Gasteiger partial charge in [0.25, 0.3) is 0 Å². The lowest BCUT2D eigenvalue weighted by molar-refractivity contribution is -0.142. The van der Waals surface area contributed by atoms with Gasteiger partial charge in [0.05, 0.1) is 4.88 Å². The molecule has 19 heavy (non-hydrogen) atoms. The van der Waals surface area contributed by atoms with Gasteiger partial charge in [-0.3, -0.25) is 10.1 Å². The highest BCUT2D eigenvalue weighted by molar-refractivity contribution is 7.12. The lowest BCUT2D eigenvalue weighted by atomic mass is 9.87. The van der Waals surface area contributed by atoms with E-state index in [9.17, 15) is 14.7 Å². The molecule has 0 fully saturated rings. The summed E-state index contributed by atoms with van der Waals surface area (Å²) in [6, 6.07) is 3.40. The van der Waals surface area contributed by atoms with Gasteiger partial charge in [-0.1, -0.05) is 18.9 Å². The minimum atomic E-state index is -1.53. The van der Waals surface area contributed by atoms with Gasteiger partial charge in [-0.05, 0) is 31.3 Å². The van der Waals surface area contributed by atoms with Crippen LogP contribution in [-0.2, 0) is 4.79 Å². The summed E-state index contributed by atoms with van der Waals surface area (Å²) in [5.74, 6) is -0.943. The number of thiophene rings is 1. The predicted octanol–water partition coefficient (Wildman–Crippen LogP) is 2.77. The van der Waals surface area contributed by atoms with Gasteiger partial charge in [0.15, 0.2) is 5.54 Å². The Hall–Kier alpha value is -0.910. The number of hydrogen-bond acceptors (Lipinski definition) is 4. The van der Waals surface area contributed by atoms with E-state index in [2.05, 4.69) is 5.32 Å². The van der Waals surface area contributed by atoms with Gasteiger partial charge in [0.1, 0.15) is 0 Å². The standard InChI is InChI=1S/C13H18ClNO3S/c1-15-13(12(17)18,7-3-2-4-8-14)11(16)10-6-5-9-19-10/h5-6,9,15H,2-4,7-8H2,1H3,(H,17,18). The number of carboxylic acids is 1. The van der Waals surface area contributed by atoms with E-state index < -0.39 is 11.5 Å². The molecule has 106 valence electrons. The summed E-state index contributed by atoms with van der Waals surface area (Å²) in [5.41, 5.74) is -1.53.